The van der Waals surface area contributed by atoms with Crippen LogP contribution in [-0.2, 0) is 14.3 Å². The molecule has 112 valence electrons. The third-order valence-corrected chi connectivity index (χ3v) is 4.70. The number of hydrogen-bond donors (Lipinski definition) is 2. The zero-order valence-electron chi connectivity index (χ0n) is 11.3. The van der Waals surface area contributed by atoms with Gasteiger partial charge >= 0.3 is 6.16 Å². The van der Waals surface area contributed by atoms with Crippen LogP contribution in [0.1, 0.15) is 32.6 Å². The molecule has 20 heavy (non-hydrogen) atoms. The first-order valence-corrected chi connectivity index (χ1v) is 7.48. The Balaban J connectivity index is 2.28. The normalized spacial score (nSPS) is 30.8. The van der Waals surface area contributed by atoms with Gasteiger partial charge in [0.25, 0.3) is 0 Å². The SMILES string of the molecule is CC(CS)C(=O)N1C(=O)C2CCCCC2C1OC(=O)O. The van der Waals surface area contributed by atoms with Crippen molar-refractivity contribution >= 4 is 30.6 Å². The summed E-state index contributed by atoms with van der Waals surface area (Å²) in [5.74, 6) is -1.32. The van der Waals surface area contributed by atoms with Gasteiger partial charge in [0, 0.05) is 23.5 Å². The Morgan fingerprint density at radius 3 is 2.70 bits per heavy atom. The van der Waals surface area contributed by atoms with E-state index in [0.29, 0.717) is 18.6 Å². The van der Waals surface area contributed by atoms with Gasteiger partial charge in [-0.15, -0.1) is 0 Å². The third-order valence-electron chi connectivity index (χ3n) is 4.15. The second-order valence-corrected chi connectivity index (χ2v) is 5.82. The topological polar surface area (TPSA) is 83.9 Å². The predicted octanol–water partition coefficient (Wildman–Crippen LogP) is 1.75. The number of imide groups is 1. The lowest BCUT2D eigenvalue weighted by Crippen LogP contribution is -2.45. The van der Waals surface area contributed by atoms with Crippen LogP contribution in [0.5, 0.6) is 0 Å². The molecule has 1 aliphatic heterocycles. The van der Waals surface area contributed by atoms with E-state index >= 15 is 0 Å². The van der Waals surface area contributed by atoms with Crippen LogP contribution in [0.25, 0.3) is 0 Å². The fourth-order valence-electron chi connectivity index (χ4n) is 3.10. The van der Waals surface area contributed by atoms with E-state index in [0.717, 1.165) is 17.7 Å². The molecule has 1 aliphatic carbocycles. The molecule has 1 saturated heterocycles. The number of amides is 2. The Morgan fingerprint density at radius 1 is 1.45 bits per heavy atom. The van der Waals surface area contributed by atoms with Crippen LogP contribution in [0.2, 0.25) is 0 Å². The van der Waals surface area contributed by atoms with Crippen molar-refractivity contribution in [3.63, 3.8) is 0 Å². The van der Waals surface area contributed by atoms with Gasteiger partial charge in [-0.25, -0.2) is 9.69 Å². The minimum Gasteiger partial charge on any atom is -0.450 e. The van der Waals surface area contributed by atoms with Crippen LogP contribution < -0.4 is 0 Å². The summed E-state index contributed by atoms with van der Waals surface area (Å²) in [4.78, 5) is 36.6. The molecule has 7 heteroatoms. The van der Waals surface area contributed by atoms with E-state index in [4.69, 9.17) is 9.84 Å². The fraction of sp³-hybridized carbons (Fsp3) is 0.769. The number of ether oxygens (including phenoxy) is 1. The van der Waals surface area contributed by atoms with Gasteiger partial charge in [0.2, 0.25) is 11.8 Å². The summed E-state index contributed by atoms with van der Waals surface area (Å²) in [6.07, 6.45) is 0.843. The quantitative estimate of drug-likeness (QED) is 0.613. The van der Waals surface area contributed by atoms with E-state index in [2.05, 4.69) is 12.6 Å². The van der Waals surface area contributed by atoms with E-state index in [1.807, 2.05) is 0 Å². The number of hydrogen-bond acceptors (Lipinski definition) is 5. The summed E-state index contributed by atoms with van der Waals surface area (Å²) in [5.41, 5.74) is 0. The van der Waals surface area contributed by atoms with Crippen molar-refractivity contribution in [2.24, 2.45) is 17.8 Å². The number of likely N-dealkylation sites (tertiary alicyclic amines) is 1. The second-order valence-electron chi connectivity index (χ2n) is 5.46. The first-order valence-electron chi connectivity index (χ1n) is 6.84. The maximum absolute atomic E-state index is 12.4. The second kappa shape index (κ2) is 6.03. The van der Waals surface area contributed by atoms with E-state index in [9.17, 15) is 14.4 Å². The summed E-state index contributed by atoms with van der Waals surface area (Å²) in [6, 6.07) is 0. The van der Waals surface area contributed by atoms with E-state index in [1.165, 1.54) is 0 Å². The first-order chi connectivity index (χ1) is 9.47. The molecule has 1 N–H and O–H groups in total. The molecule has 0 radical (unpaired) electrons. The van der Waals surface area contributed by atoms with Crippen LogP contribution in [0.4, 0.5) is 4.79 Å². The first kappa shape index (κ1) is 15.2. The van der Waals surface area contributed by atoms with Gasteiger partial charge in [0.15, 0.2) is 6.23 Å². The molecule has 6 nitrogen and oxygen atoms in total. The van der Waals surface area contributed by atoms with Gasteiger partial charge in [-0.3, -0.25) is 9.59 Å². The van der Waals surface area contributed by atoms with Gasteiger partial charge in [-0.2, -0.15) is 12.6 Å². The monoisotopic (exact) mass is 301 g/mol. The molecule has 0 aromatic heterocycles. The average molecular weight is 301 g/mol. The Labute approximate surface area is 122 Å². The molecule has 4 atom stereocenters. The largest absolute Gasteiger partial charge is 0.507 e. The van der Waals surface area contributed by atoms with E-state index in [1.54, 1.807) is 6.92 Å². The van der Waals surface area contributed by atoms with Gasteiger partial charge in [0.05, 0.1) is 0 Å². The molecule has 2 aliphatic rings. The van der Waals surface area contributed by atoms with Crippen molar-refractivity contribution in [3.8, 4) is 0 Å². The Kier molecular flexibility index (Phi) is 4.57. The Morgan fingerprint density at radius 2 is 2.10 bits per heavy atom. The lowest BCUT2D eigenvalue weighted by molar-refractivity contribution is -0.154. The van der Waals surface area contributed by atoms with Crippen molar-refractivity contribution in [2.75, 3.05) is 5.75 Å². The number of fused-ring (bicyclic) bond motifs is 1. The van der Waals surface area contributed by atoms with Gasteiger partial charge in [-0.1, -0.05) is 19.8 Å². The fourth-order valence-corrected chi connectivity index (χ4v) is 3.25. The molecular weight excluding hydrogens is 282 g/mol. The molecule has 2 amide bonds. The molecule has 0 spiro atoms. The molecule has 4 unspecified atom stereocenters. The average Bonchev–Trinajstić information content (AvgIpc) is 2.70. The summed E-state index contributed by atoms with van der Waals surface area (Å²) >= 11 is 4.06. The Bertz CT molecular complexity index is 427. The minimum absolute atomic E-state index is 0.205. The number of carbonyl (C=O) groups excluding carboxylic acids is 2. The summed E-state index contributed by atoms with van der Waals surface area (Å²) in [5, 5.41) is 8.86. The van der Waals surface area contributed by atoms with Gasteiger partial charge in [-0.05, 0) is 12.8 Å². The van der Waals surface area contributed by atoms with Crippen LogP contribution >= 0.6 is 12.6 Å². The highest BCUT2D eigenvalue weighted by Gasteiger charge is 2.53. The maximum Gasteiger partial charge on any atom is 0.507 e. The molecule has 0 aromatic rings. The Hall–Kier alpha value is -1.24. The van der Waals surface area contributed by atoms with E-state index in [-0.39, 0.29) is 17.7 Å². The molecule has 2 fully saturated rings. The highest BCUT2D eigenvalue weighted by Crippen LogP contribution is 2.42. The smallest absolute Gasteiger partial charge is 0.450 e. The summed E-state index contributed by atoms with van der Waals surface area (Å²) in [7, 11) is 0. The lowest BCUT2D eigenvalue weighted by atomic mass is 9.81. The zero-order chi connectivity index (χ0) is 14.9. The molecule has 0 aromatic carbocycles. The molecule has 1 saturated carbocycles. The number of carboxylic acid groups (broad SMARTS) is 1. The maximum atomic E-state index is 12.4. The van der Waals surface area contributed by atoms with Crippen molar-refractivity contribution < 1.29 is 24.2 Å². The van der Waals surface area contributed by atoms with Crippen LogP contribution in [0.3, 0.4) is 0 Å². The molecule has 2 rings (SSSR count). The minimum atomic E-state index is -1.45. The van der Waals surface area contributed by atoms with Crippen molar-refractivity contribution in [2.45, 2.75) is 38.8 Å². The van der Waals surface area contributed by atoms with Gasteiger partial charge in [0.1, 0.15) is 0 Å². The number of thiol groups is 1. The summed E-state index contributed by atoms with van der Waals surface area (Å²) < 4.78 is 4.86. The molecular formula is C13H19NO5S. The van der Waals surface area contributed by atoms with E-state index < -0.39 is 24.2 Å². The highest BCUT2D eigenvalue weighted by atomic mass is 32.1. The predicted molar refractivity (Wildman–Crippen MR) is 73.2 cm³/mol. The van der Waals surface area contributed by atoms with Crippen molar-refractivity contribution in [1.82, 2.24) is 4.90 Å². The zero-order valence-corrected chi connectivity index (χ0v) is 12.2. The lowest BCUT2D eigenvalue weighted by Gasteiger charge is -2.28. The van der Waals surface area contributed by atoms with Crippen LogP contribution in [0, 0.1) is 17.8 Å². The number of rotatable bonds is 3. The third kappa shape index (κ3) is 2.63. The summed E-state index contributed by atoms with van der Waals surface area (Å²) in [6.45, 7) is 1.67. The van der Waals surface area contributed by atoms with Crippen molar-refractivity contribution in [1.29, 1.82) is 0 Å². The molecule has 1 heterocycles. The van der Waals surface area contributed by atoms with Crippen LogP contribution in [0.15, 0.2) is 0 Å². The standard InChI is InChI=1S/C13H19NO5S/c1-7(6-20)10(15)14-11(16)8-4-2-3-5-9(8)12(14)19-13(17)18/h7-9,12,20H,2-6H2,1H3,(H,17,18). The highest BCUT2D eigenvalue weighted by molar-refractivity contribution is 7.80. The van der Waals surface area contributed by atoms with Crippen molar-refractivity contribution in [3.05, 3.63) is 0 Å². The number of carbonyl (C=O) groups is 3. The molecule has 0 bridgehead atoms. The van der Waals surface area contributed by atoms with Crippen LogP contribution in [-0.4, -0.2) is 40.0 Å². The van der Waals surface area contributed by atoms with Gasteiger partial charge < -0.3 is 9.84 Å². The number of nitrogens with zero attached hydrogens (tertiary/aromatic N) is 1.